The van der Waals surface area contributed by atoms with Gasteiger partial charge in [-0.25, -0.2) is 0 Å². The third kappa shape index (κ3) is 1.42. The topological polar surface area (TPSA) is 79.2 Å². The second kappa shape index (κ2) is 3.06. The van der Waals surface area contributed by atoms with Gasteiger partial charge in [0.25, 0.3) is 0 Å². The van der Waals surface area contributed by atoms with E-state index in [1.807, 2.05) is 0 Å². The van der Waals surface area contributed by atoms with Gasteiger partial charge in [-0.15, -0.1) is 0 Å². The highest BCUT2D eigenvalue weighted by molar-refractivity contribution is 6.53. The molecule has 0 aromatic heterocycles. The normalized spacial score (nSPS) is 16.4. The van der Waals surface area contributed by atoms with E-state index in [1.165, 1.54) is 0 Å². The van der Waals surface area contributed by atoms with E-state index in [0.29, 0.717) is 22.1 Å². The predicted octanol–water partition coefficient (Wildman–Crippen LogP) is 1.05. The highest BCUT2D eigenvalue weighted by Gasteiger charge is 2.33. The van der Waals surface area contributed by atoms with E-state index >= 15 is 0 Å². The molecule has 3 N–H and O–H groups in total. The summed E-state index contributed by atoms with van der Waals surface area (Å²) in [6.45, 7) is -1.63. The Balaban J connectivity index is 2.42. The number of benzene rings is 2. The van der Waals surface area contributed by atoms with E-state index in [-0.39, 0.29) is 11.5 Å². The average Bonchev–Trinajstić information content (AvgIpc) is 2.23. The maximum atomic E-state index is 9.93. The van der Waals surface area contributed by atoms with Gasteiger partial charge in [-0.3, -0.25) is 0 Å². The standard InChI is InChI=1S/C11H10BO5/c1-6-5-9-10-7(11(6)13)3-2-4-8(10)16-12(14,15)17-9/h2-5,13-15H,1H3/q-1. The van der Waals surface area contributed by atoms with E-state index in [2.05, 4.69) is 0 Å². The SMILES string of the molecule is Cc1cc2c3c(cccc3c1O)O[B-](O)(O)O2. The molecule has 1 aliphatic rings. The Morgan fingerprint density at radius 2 is 1.82 bits per heavy atom. The number of phenols is 1. The third-order valence-electron chi connectivity index (χ3n) is 2.81. The zero-order chi connectivity index (χ0) is 12.2. The van der Waals surface area contributed by atoms with Gasteiger partial charge in [-0.05, 0) is 24.6 Å². The molecule has 1 aliphatic heterocycles. The van der Waals surface area contributed by atoms with Crippen LogP contribution in [0.3, 0.4) is 0 Å². The summed E-state index contributed by atoms with van der Waals surface area (Å²) in [4.78, 5) is 0. The largest absolute Gasteiger partial charge is 0.647 e. The van der Waals surface area contributed by atoms with Gasteiger partial charge >= 0.3 is 6.96 Å². The maximum absolute atomic E-state index is 9.93. The Labute approximate surface area is 96.9 Å². The van der Waals surface area contributed by atoms with E-state index in [4.69, 9.17) is 9.31 Å². The lowest BCUT2D eigenvalue weighted by atomic mass is 9.98. The van der Waals surface area contributed by atoms with Crippen molar-refractivity contribution in [1.29, 1.82) is 0 Å². The molecule has 0 amide bonds. The van der Waals surface area contributed by atoms with Crippen molar-refractivity contribution in [2.75, 3.05) is 0 Å². The van der Waals surface area contributed by atoms with Crippen molar-refractivity contribution >= 4 is 17.7 Å². The lowest BCUT2D eigenvalue weighted by molar-refractivity contribution is 0.135. The molecule has 2 aromatic rings. The summed E-state index contributed by atoms with van der Waals surface area (Å²) >= 11 is 0. The van der Waals surface area contributed by atoms with Crippen LogP contribution in [0.15, 0.2) is 24.3 Å². The Morgan fingerprint density at radius 1 is 1.12 bits per heavy atom. The third-order valence-corrected chi connectivity index (χ3v) is 2.81. The Bertz CT molecular complexity index is 623. The smallest absolute Gasteiger partial charge is 0.634 e. The highest BCUT2D eigenvalue weighted by Crippen LogP contribution is 2.44. The molecule has 0 aliphatic carbocycles. The van der Waals surface area contributed by atoms with Crippen molar-refractivity contribution in [2.45, 2.75) is 6.92 Å². The molecule has 0 atom stereocenters. The van der Waals surface area contributed by atoms with Crippen LogP contribution in [0.5, 0.6) is 17.2 Å². The summed E-state index contributed by atoms with van der Waals surface area (Å²) in [5.41, 5.74) is 0.596. The van der Waals surface area contributed by atoms with E-state index < -0.39 is 6.96 Å². The first kappa shape index (κ1) is 10.3. The highest BCUT2D eigenvalue weighted by atomic mass is 16.8. The van der Waals surface area contributed by atoms with Crippen molar-refractivity contribution in [2.24, 2.45) is 0 Å². The molecule has 0 bridgehead atoms. The number of aryl methyl sites for hydroxylation is 1. The van der Waals surface area contributed by atoms with Crippen LogP contribution < -0.4 is 9.31 Å². The number of hydrogen-bond donors (Lipinski definition) is 3. The fourth-order valence-electron chi connectivity index (χ4n) is 2.08. The van der Waals surface area contributed by atoms with Crippen LogP contribution in [0, 0.1) is 6.92 Å². The Morgan fingerprint density at radius 3 is 2.59 bits per heavy atom. The monoisotopic (exact) mass is 233 g/mol. The van der Waals surface area contributed by atoms with E-state index in [1.54, 1.807) is 31.2 Å². The predicted molar refractivity (Wildman–Crippen MR) is 61.8 cm³/mol. The molecule has 0 fully saturated rings. The molecule has 0 radical (unpaired) electrons. The molecule has 0 unspecified atom stereocenters. The second-order valence-corrected chi connectivity index (χ2v) is 4.09. The molecule has 0 spiro atoms. The first-order valence-corrected chi connectivity index (χ1v) is 5.19. The minimum Gasteiger partial charge on any atom is -0.634 e. The minimum atomic E-state index is -3.33. The van der Waals surface area contributed by atoms with E-state index in [9.17, 15) is 15.2 Å². The summed E-state index contributed by atoms with van der Waals surface area (Å²) < 4.78 is 9.89. The van der Waals surface area contributed by atoms with Crippen LogP contribution in [-0.2, 0) is 0 Å². The van der Waals surface area contributed by atoms with Crippen molar-refractivity contribution in [3.05, 3.63) is 29.8 Å². The van der Waals surface area contributed by atoms with Gasteiger partial charge in [0.15, 0.2) is 0 Å². The van der Waals surface area contributed by atoms with Crippen LogP contribution in [0.25, 0.3) is 10.8 Å². The molecule has 88 valence electrons. The number of aromatic hydroxyl groups is 1. The lowest BCUT2D eigenvalue weighted by Gasteiger charge is -2.37. The fraction of sp³-hybridized carbons (Fsp3) is 0.0909. The van der Waals surface area contributed by atoms with Gasteiger partial charge in [0.2, 0.25) is 0 Å². The zero-order valence-corrected chi connectivity index (χ0v) is 9.04. The molecule has 2 aromatic carbocycles. The second-order valence-electron chi connectivity index (χ2n) is 4.09. The van der Waals surface area contributed by atoms with Gasteiger partial charge in [0.05, 0.1) is 16.9 Å². The Hall–Kier alpha value is -1.92. The minimum absolute atomic E-state index is 0.133. The molecule has 0 saturated carbocycles. The summed E-state index contributed by atoms with van der Waals surface area (Å²) in [6.07, 6.45) is 0. The van der Waals surface area contributed by atoms with Gasteiger partial charge in [-0.2, -0.15) is 0 Å². The quantitative estimate of drug-likeness (QED) is 0.592. The molecular weight excluding hydrogens is 223 g/mol. The maximum Gasteiger partial charge on any atom is 0.647 e. The first-order valence-electron chi connectivity index (χ1n) is 5.19. The van der Waals surface area contributed by atoms with Crippen molar-refractivity contribution < 1.29 is 24.5 Å². The number of phenolic OH excluding ortho intramolecular Hbond substituents is 1. The van der Waals surface area contributed by atoms with Gasteiger partial charge < -0.3 is 24.5 Å². The zero-order valence-electron chi connectivity index (χ0n) is 9.04. The van der Waals surface area contributed by atoms with E-state index in [0.717, 1.165) is 0 Å². The summed E-state index contributed by atoms with van der Waals surface area (Å²) in [5, 5.41) is 29.9. The molecule has 17 heavy (non-hydrogen) atoms. The van der Waals surface area contributed by atoms with Gasteiger partial charge in [-0.1, -0.05) is 12.1 Å². The van der Waals surface area contributed by atoms with Crippen molar-refractivity contribution in [3.63, 3.8) is 0 Å². The summed E-state index contributed by atoms with van der Waals surface area (Å²) in [6, 6.07) is 6.52. The van der Waals surface area contributed by atoms with Crippen LogP contribution in [0.2, 0.25) is 0 Å². The summed E-state index contributed by atoms with van der Waals surface area (Å²) in [7, 11) is 0. The number of rotatable bonds is 0. The fourth-order valence-corrected chi connectivity index (χ4v) is 2.08. The Kier molecular flexibility index (Phi) is 1.84. The molecule has 6 heteroatoms. The van der Waals surface area contributed by atoms with Crippen LogP contribution in [0.4, 0.5) is 0 Å². The number of hydrogen-bond acceptors (Lipinski definition) is 5. The van der Waals surface area contributed by atoms with Gasteiger partial charge in [0, 0.05) is 5.39 Å². The lowest BCUT2D eigenvalue weighted by Crippen LogP contribution is -2.50. The van der Waals surface area contributed by atoms with Crippen LogP contribution >= 0.6 is 0 Å². The summed E-state index contributed by atoms with van der Waals surface area (Å²) in [5.74, 6) is 0.708. The molecule has 3 rings (SSSR count). The van der Waals surface area contributed by atoms with Crippen molar-refractivity contribution in [1.82, 2.24) is 0 Å². The van der Waals surface area contributed by atoms with Gasteiger partial charge in [0.1, 0.15) is 5.75 Å². The molecule has 5 nitrogen and oxygen atoms in total. The first-order chi connectivity index (χ1) is 7.98. The molecule has 0 saturated heterocycles. The van der Waals surface area contributed by atoms with Crippen LogP contribution in [0.1, 0.15) is 5.56 Å². The molecule has 1 heterocycles. The molecular formula is C11H10BO5-. The van der Waals surface area contributed by atoms with Crippen molar-refractivity contribution in [3.8, 4) is 17.2 Å². The average molecular weight is 233 g/mol. The van der Waals surface area contributed by atoms with Crippen LogP contribution in [-0.4, -0.2) is 22.1 Å².